The van der Waals surface area contributed by atoms with Crippen LogP contribution in [0.1, 0.15) is 67.8 Å². The molecule has 5 heteroatoms. The topological polar surface area (TPSA) is 68.5 Å². The minimum absolute atomic E-state index is 0.157. The molecule has 2 aromatic rings. The van der Waals surface area contributed by atoms with Gasteiger partial charge in [0.25, 0.3) is 5.56 Å². The molecule has 1 heterocycles. The Hall–Kier alpha value is -2.30. The molecular weight excluding hydrogens is 318 g/mol. The van der Waals surface area contributed by atoms with Crippen molar-refractivity contribution in [3.63, 3.8) is 0 Å². The molecule has 3 rings (SSSR count). The maximum absolute atomic E-state index is 12.6. The van der Waals surface area contributed by atoms with Crippen LogP contribution in [0.15, 0.2) is 23.0 Å². The zero-order chi connectivity index (χ0) is 18.0. The van der Waals surface area contributed by atoms with Crippen molar-refractivity contribution < 1.29 is 14.6 Å². The minimum atomic E-state index is -0.767. The number of fused-ring (bicyclic) bond motifs is 1. The van der Waals surface area contributed by atoms with Crippen molar-refractivity contribution in [3.8, 4) is 5.75 Å². The Bertz CT molecular complexity index is 847. The highest BCUT2D eigenvalue weighted by Gasteiger charge is 2.24. The molecule has 1 aromatic heterocycles. The first-order valence-corrected chi connectivity index (χ1v) is 9.15. The van der Waals surface area contributed by atoms with Crippen LogP contribution in [-0.2, 0) is 11.3 Å². The fourth-order valence-electron chi connectivity index (χ4n) is 3.85. The Morgan fingerprint density at radius 1 is 1.24 bits per heavy atom. The number of ether oxygens (including phenoxy) is 1. The fraction of sp³-hybridized carbons (Fsp3) is 0.500. The number of hydrogen-bond donors (Lipinski definition) is 1. The van der Waals surface area contributed by atoms with Gasteiger partial charge in [-0.3, -0.25) is 4.79 Å². The average Bonchev–Trinajstić information content (AvgIpc) is 2.63. The molecule has 134 valence electrons. The monoisotopic (exact) mass is 343 g/mol. The molecule has 1 fully saturated rings. The van der Waals surface area contributed by atoms with Gasteiger partial charge in [0.15, 0.2) is 5.56 Å². The number of carbonyl (C=O) groups excluding carboxylic acids is 1. The quantitative estimate of drug-likeness (QED) is 0.854. The lowest BCUT2D eigenvalue weighted by Gasteiger charge is -2.23. The average molecular weight is 343 g/mol. The lowest BCUT2D eigenvalue weighted by molar-refractivity contribution is 0.0520. The standard InChI is InChI=1S/C20H25NO4/c1-3-21-16-11-10-14(13-8-6-5-7-9-13)12-15(16)18(22)17(19(21)23)20(24)25-4-2/h10-13,22H,3-9H2,1-2H3. The van der Waals surface area contributed by atoms with E-state index in [1.807, 2.05) is 25.1 Å². The van der Waals surface area contributed by atoms with Crippen LogP contribution in [0.3, 0.4) is 0 Å². The van der Waals surface area contributed by atoms with E-state index >= 15 is 0 Å². The van der Waals surface area contributed by atoms with Crippen molar-refractivity contribution in [2.45, 2.75) is 58.4 Å². The van der Waals surface area contributed by atoms with Gasteiger partial charge < -0.3 is 14.4 Å². The number of rotatable bonds is 4. The van der Waals surface area contributed by atoms with E-state index in [4.69, 9.17) is 4.74 Å². The Balaban J connectivity index is 2.20. The van der Waals surface area contributed by atoms with Gasteiger partial charge in [-0.2, -0.15) is 0 Å². The molecule has 0 atom stereocenters. The molecule has 1 aliphatic carbocycles. The Kier molecular flexibility index (Phi) is 5.11. The first-order chi connectivity index (χ1) is 12.1. The van der Waals surface area contributed by atoms with Crippen LogP contribution in [-0.4, -0.2) is 22.2 Å². The molecule has 0 amide bonds. The summed E-state index contributed by atoms with van der Waals surface area (Å²) in [5.41, 5.74) is 1.05. The van der Waals surface area contributed by atoms with Crippen LogP contribution in [0, 0.1) is 0 Å². The van der Waals surface area contributed by atoms with E-state index in [-0.39, 0.29) is 17.9 Å². The van der Waals surface area contributed by atoms with Crippen molar-refractivity contribution >= 4 is 16.9 Å². The van der Waals surface area contributed by atoms with Crippen LogP contribution in [0.2, 0.25) is 0 Å². The molecule has 25 heavy (non-hydrogen) atoms. The smallest absolute Gasteiger partial charge is 0.347 e. The number of aromatic hydroxyl groups is 1. The molecule has 0 unspecified atom stereocenters. The SMILES string of the molecule is CCOC(=O)c1c(O)c2cc(C3CCCCC3)ccc2n(CC)c1=O. The summed E-state index contributed by atoms with van der Waals surface area (Å²) >= 11 is 0. The number of aromatic nitrogens is 1. The van der Waals surface area contributed by atoms with Crippen LogP contribution in [0.5, 0.6) is 5.75 Å². The van der Waals surface area contributed by atoms with E-state index in [9.17, 15) is 14.7 Å². The zero-order valence-electron chi connectivity index (χ0n) is 14.9. The molecule has 0 aliphatic heterocycles. The van der Waals surface area contributed by atoms with Gasteiger partial charge in [0.2, 0.25) is 0 Å². The number of aryl methyl sites for hydroxylation is 1. The van der Waals surface area contributed by atoms with E-state index in [1.54, 1.807) is 6.92 Å². The number of hydrogen-bond acceptors (Lipinski definition) is 4. The molecule has 0 saturated heterocycles. The number of benzene rings is 1. The van der Waals surface area contributed by atoms with Gasteiger partial charge in [0.05, 0.1) is 12.1 Å². The molecule has 1 aromatic carbocycles. The van der Waals surface area contributed by atoms with E-state index in [2.05, 4.69) is 0 Å². The summed E-state index contributed by atoms with van der Waals surface area (Å²) in [5, 5.41) is 11.2. The van der Waals surface area contributed by atoms with Crippen LogP contribution < -0.4 is 5.56 Å². The molecule has 0 bridgehead atoms. The van der Waals surface area contributed by atoms with E-state index in [0.29, 0.717) is 23.4 Å². The van der Waals surface area contributed by atoms with Crippen molar-refractivity contribution in [3.05, 3.63) is 39.7 Å². The summed E-state index contributed by atoms with van der Waals surface area (Å²) in [5.74, 6) is -0.552. The summed E-state index contributed by atoms with van der Waals surface area (Å²) in [6.07, 6.45) is 6.00. The van der Waals surface area contributed by atoms with Gasteiger partial charge >= 0.3 is 5.97 Å². The largest absolute Gasteiger partial charge is 0.506 e. The number of carbonyl (C=O) groups is 1. The molecule has 1 aliphatic rings. The third kappa shape index (κ3) is 3.15. The van der Waals surface area contributed by atoms with Gasteiger partial charge in [-0.15, -0.1) is 0 Å². The van der Waals surface area contributed by atoms with Gasteiger partial charge in [-0.05, 0) is 50.3 Å². The summed E-state index contributed by atoms with van der Waals surface area (Å²) in [6.45, 7) is 4.10. The van der Waals surface area contributed by atoms with Gasteiger partial charge in [-0.25, -0.2) is 4.79 Å². The third-order valence-electron chi connectivity index (χ3n) is 5.13. The van der Waals surface area contributed by atoms with Crippen molar-refractivity contribution in [1.82, 2.24) is 4.57 Å². The first kappa shape index (κ1) is 17.5. The van der Waals surface area contributed by atoms with Crippen molar-refractivity contribution in [2.75, 3.05) is 6.61 Å². The van der Waals surface area contributed by atoms with Gasteiger partial charge in [0, 0.05) is 11.9 Å². The third-order valence-corrected chi connectivity index (χ3v) is 5.13. The molecule has 0 radical (unpaired) electrons. The molecule has 0 spiro atoms. The molecule has 5 nitrogen and oxygen atoms in total. The first-order valence-electron chi connectivity index (χ1n) is 9.15. The summed E-state index contributed by atoms with van der Waals surface area (Å²) in [7, 11) is 0. The summed E-state index contributed by atoms with van der Waals surface area (Å²) in [4.78, 5) is 24.8. The lowest BCUT2D eigenvalue weighted by Crippen LogP contribution is -2.27. The van der Waals surface area contributed by atoms with Crippen LogP contribution >= 0.6 is 0 Å². The van der Waals surface area contributed by atoms with E-state index in [0.717, 1.165) is 12.8 Å². The zero-order valence-corrected chi connectivity index (χ0v) is 14.9. The van der Waals surface area contributed by atoms with Crippen LogP contribution in [0.4, 0.5) is 0 Å². The predicted molar refractivity (Wildman–Crippen MR) is 97.3 cm³/mol. The maximum atomic E-state index is 12.6. The fourth-order valence-corrected chi connectivity index (χ4v) is 3.85. The van der Waals surface area contributed by atoms with Crippen molar-refractivity contribution in [2.24, 2.45) is 0 Å². The number of nitrogens with zero attached hydrogens (tertiary/aromatic N) is 1. The predicted octanol–water partition coefficient (Wildman–Crippen LogP) is 3.95. The highest BCUT2D eigenvalue weighted by atomic mass is 16.5. The summed E-state index contributed by atoms with van der Waals surface area (Å²) in [6, 6.07) is 5.88. The normalized spacial score (nSPS) is 15.4. The molecule has 1 saturated carbocycles. The molecule has 1 N–H and O–H groups in total. The Morgan fingerprint density at radius 2 is 1.96 bits per heavy atom. The lowest BCUT2D eigenvalue weighted by atomic mass is 9.83. The summed E-state index contributed by atoms with van der Waals surface area (Å²) < 4.78 is 6.49. The Labute approximate surface area is 147 Å². The number of pyridine rings is 1. The van der Waals surface area contributed by atoms with Gasteiger partial charge in [0.1, 0.15) is 5.75 Å². The highest BCUT2D eigenvalue weighted by Crippen LogP contribution is 2.36. The van der Waals surface area contributed by atoms with E-state index < -0.39 is 11.5 Å². The maximum Gasteiger partial charge on any atom is 0.347 e. The minimum Gasteiger partial charge on any atom is -0.506 e. The number of esters is 1. The van der Waals surface area contributed by atoms with Gasteiger partial charge in [-0.1, -0.05) is 25.3 Å². The second kappa shape index (κ2) is 7.30. The second-order valence-corrected chi connectivity index (χ2v) is 6.61. The second-order valence-electron chi connectivity index (χ2n) is 6.61. The van der Waals surface area contributed by atoms with E-state index in [1.165, 1.54) is 29.4 Å². The Morgan fingerprint density at radius 3 is 2.60 bits per heavy atom. The highest BCUT2D eigenvalue weighted by molar-refractivity contribution is 5.99. The van der Waals surface area contributed by atoms with Crippen molar-refractivity contribution in [1.29, 1.82) is 0 Å². The molecular formula is C20H25NO4. The van der Waals surface area contributed by atoms with Crippen LogP contribution in [0.25, 0.3) is 10.9 Å².